The minimum absolute atomic E-state index is 0.307. The number of allylic oxidation sites excluding steroid dienone is 2. The van der Waals surface area contributed by atoms with Gasteiger partial charge in [0, 0.05) is 0 Å². The fourth-order valence-corrected chi connectivity index (χ4v) is 6.27. The summed E-state index contributed by atoms with van der Waals surface area (Å²) in [5.41, 5.74) is 3.13. The number of benzene rings is 1. The summed E-state index contributed by atoms with van der Waals surface area (Å²) in [6.45, 7) is 1.98. The Morgan fingerprint density at radius 1 is 0.774 bits per heavy atom. The zero-order valence-electron chi connectivity index (χ0n) is 20.2. The number of aryl methyl sites for hydroxylation is 1. The Bertz CT molecular complexity index is 600. The number of rotatable bonds is 12. The first-order valence-corrected chi connectivity index (χ1v) is 13.6. The molecule has 0 radical (unpaired) electrons. The van der Waals surface area contributed by atoms with Crippen LogP contribution in [0.1, 0.15) is 120 Å². The van der Waals surface area contributed by atoms with Crippen molar-refractivity contribution in [2.75, 3.05) is 6.67 Å². The number of hydrogen-bond donors (Lipinski definition) is 0. The lowest BCUT2D eigenvalue weighted by Gasteiger charge is -2.38. The van der Waals surface area contributed by atoms with E-state index in [0.29, 0.717) is 0 Å². The molecular formula is C30H47F. The highest BCUT2D eigenvalue weighted by Gasteiger charge is 2.31. The molecule has 0 amide bonds. The molecule has 1 aromatic carbocycles. The molecule has 0 nitrogen and oxygen atoms in total. The summed E-state index contributed by atoms with van der Waals surface area (Å²) < 4.78 is 12.2. The molecule has 0 atom stereocenters. The quantitative estimate of drug-likeness (QED) is 0.230. The van der Waals surface area contributed by atoms with Crippen molar-refractivity contribution in [3.05, 3.63) is 47.5 Å². The van der Waals surface area contributed by atoms with E-state index in [0.717, 1.165) is 30.1 Å². The normalized spacial score (nSPS) is 27.0. The molecule has 31 heavy (non-hydrogen) atoms. The van der Waals surface area contributed by atoms with Crippen LogP contribution in [0.15, 0.2) is 36.4 Å². The van der Waals surface area contributed by atoms with Crippen molar-refractivity contribution in [1.82, 2.24) is 0 Å². The Hall–Kier alpha value is -1.11. The van der Waals surface area contributed by atoms with Gasteiger partial charge in [-0.3, -0.25) is 0 Å². The van der Waals surface area contributed by atoms with Gasteiger partial charge in [0.1, 0.15) is 6.67 Å². The summed E-state index contributed by atoms with van der Waals surface area (Å²) >= 11 is 0. The zero-order chi connectivity index (χ0) is 21.7. The minimum Gasteiger partial charge on any atom is -0.247 e. The number of hydrogen-bond acceptors (Lipinski definition) is 0. The fraction of sp³-hybridized carbons (Fsp3) is 0.733. The summed E-state index contributed by atoms with van der Waals surface area (Å²) in [5, 5.41) is 0. The van der Waals surface area contributed by atoms with Crippen molar-refractivity contribution in [1.29, 1.82) is 0 Å². The number of unbranched alkanes of at least 4 members (excludes halogenated alkanes) is 4. The largest absolute Gasteiger partial charge is 0.247 e. The molecule has 2 fully saturated rings. The molecule has 3 rings (SSSR count). The van der Waals surface area contributed by atoms with Gasteiger partial charge in [-0.2, -0.15) is 0 Å². The first kappa shape index (κ1) is 24.5. The molecule has 2 aliphatic rings. The third-order valence-corrected chi connectivity index (χ3v) is 8.35. The van der Waals surface area contributed by atoms with Gasteiger partial charge < -0.3 is 0 Å². The van der Waals surface area contributed by atoms with Crippen LogP contribution in [-0.2, 0) is 6.42 Å². The molecule has 0 aromatic heterocycles. The second-order valence-electron chi connectivity index (χ2n) is 10.5. The molecule has 0 N–H and O–H groups in total. The molecule has 0 saturated heterocycles. The molecular weight excluding hydrogens is 379 g/mol. The third kappa shape index (κ3) is 8.39. The average Bonchev–Trinajstić information content (AvgIpc) is 2.83. The highest BCUT2D eigenvalue weighted by molar-refractivity contribution is 5.26. The predicted octanol–water partition coefficient (Wildman–Crippen LogP) is 9.59. The fourth-order valence-electron chi connectivity index (χ4n) is 6.27. The summed E-state index contributed by atoms with van der Waals surface area (Å²) in [4.78, 5) is 0. The van der Waals surface area contributed by atoms with E-state index in [4.69, 9.17) is 0 Å². The van der Waals surface area contributed by atoms with E-state index < -0.39 is 0 Å². The Morgan fingerprint density at radius 2 is 1.42 bits per heavy atom. The summed E-state index contributed by atoms with van der Waals surface area (Å²) in [6.07, 6.45) is 25.6. The van der Waals surface area contributed by atoms with Crippen molar-refractivity contribution in [2.24, 2.45) is 17.8 Å². The van der Waals surface area contributed by atoms with E-state index in [1.54, 1.807) is 11.6 Å². The maximum atomic E-state index is 12.2. The van der Waals surface area contributed by atoms with E-state index in [1.165, 1.54) is 102 Å². The topological polar surface area (TPSA) is 0 Å². The standard InChI is InChI=1S/C30H47F/c1-2-3-4-5-7-10-25-12-16-27(17-13-25)29-20-22-30(23-21-29)28-18-14-26(15-19-28)11-8-6-9-24-31/h6,9,12-13,16-17,26,28-30H,2-5,7-8,10-11,14-15,18-24H2,1H3/t26-,28-,29-,30-. The predicted molar refractivity (Wildman–Crippen MR) is 133 cm³/mol. The van der Waals surface area contributed by atoms with Crippen LogP contribution in [0.5, 0.6) is 0 Å². The smallest absolute Gasteiger partial charge is 0.108 e. The molecule has 1 heteroatoms. The van der Waals surface area contributed by atoms with Gasteiger partial charge >= 0.3 is 0 Å². The molecule has 0 heterocycles. The van der Waals surface area contributed by atoms with E-state index in [9.17, 15) is 4.39 Å². The SMILES string of the molecule is CCCCCCCc1ccc([C@H]2CC[C@H]([C@H]3CC[C@H](CCC=CCF)CC3)CC2)cc1. The van der Waals surface area contributed by atoms with E-state index in [-0.39, 0.29) is 6.67 Å². The van der Waals surface area contributed by atoms with Gasteiger partial charge in [0.25, 0.3) is 0 Å². The lowest BCUT2D eigenvalue weighted by molar-refractivity contribution is 0.157. The maximum Gasteiger partial charge on any atom is 0.108 e. The van der Waals surface area contributed by atoms with Crippen LogP contribution >= 0.6 is 0 Å². The van der Waals surface area contributed by atoms with Crippen molar-refractivity contribution in [3.8, 4) is 0 Å². The number of halogens is 1. The highest BCUT2D eigenvalue weighted by Crippen LogP contribution is 2.44. The third-order valence-electron chi connectivity index (χ3n) is 8.35. The second kappa shape index (κ2) is 14.1. The molecule has 0 aliphatic heterocycles. The molecule has 2 aliphatic carbocycles. The van der Waals surface area contributed by atoms with Gasteiger partial charge in [-0.05, 0) is 99.0 Å². The van der Waals surface area contributed by atoms with Gasteiger partial charge in [-0.25, -0.2) is 4.39 Å². The lowest BCUT2D eigenvalue weighted by Crippen LogP contribution is -2.25. The van der Waals surface area contributed by atoms with Crippen molar-refractivity contribution in [2.45, 2.75) is 116 Å². The molecule has 1 aromatic rings. The Kier molecular flexibility index (Phi) is 11.2. The molecule has 0 bridgehead atoms. The van der Waals surface area contributed by atoms with Crippen LogP contribution in [0.25, 0.3) is 0 Å². The van der Waals surface area contributed by atoms with Gasteiger partial charge in [0.15, 0.2) is 0 Å². The van der Waals surface area contributed by atoms with Crippen LogP contribution in [0.3, 0.4) is 0 Å². The Balaban J connectivity index is 1.34. The summed E-state index contributed by atoms with van der Waals surface area (Å²) in [7, 11) is 0. The van der Waals surface area contributed by atoms with Gasteiger partial charge in [0.2, 0.25) is 0 Å². The zero-order valence-corrected chi connectivity index (χ0v) is 20.2. The Labute approximate surface area is 192 Å². The summed E-state index contributed by atoms with van der Waals surface area (Å²) in [6, 6.07) is 9.69. The van der Waals surface area contributed by atoms with Gasteiger partial charge in [-0.1, -0.05) is 81.9 Å². The van der Waals surface area contributed by atoms with Crippen molar-refractivity contribution < 1.29 is 4.39 Å². The van der Waals surface area contributed by atoms with Crippen molar-refractivity contribution in [3.63, 3.8) is 0 Å². The van der Waals surface area contributed by atoms with Gasteiger partial charge in [-0.15, -0.1) is 0 Å². The first-order chi connectivity index (χ1) is 15.3. The highest BCUT2D eigenvalue weighted by atomic mass is 19.1. The first-order valence-electron chi connectivity index (χ1n) is 13.6. The van der Waals surface area contributed by atoms with Gasteiger partial charge in [0.05, 0.1) is 0 Å². The van der Waals surface area contributed by atoms with Crippen LogP contribution in [0.4, 0.5) is 4.39 Å². The van der Waals surface area contributed by atoms with Crippen LogP contribution in [0, 0.1) is 17.8 Å². The molecule has 2 saturated carbocycles. The average molecular weight is 427 g/mol. The second-order valence-corrected chi connectivity index (χ2v) is 10.5. The van der Waals surface area contributed by atoms with E-state index >= 15 is 0 Å². The maximum absolute atomic E-state index is 12.2. The van der Waals surface area contributed by atoms with E-state index in [2.05, 4.69) is 31.2 Å². The molecule has 0 unspecified atom stereocenters. The van der Waals surface area contributed by atoms with E-state index in [1.807, 2.05) is 6.08 Å². The van der Waals surface area contributed by atoms with Crippen molar-refractivity contribution >= 4 is 0 Å². The monoisotopic (exact) mass is 426 g/mol. The summed E-state index contributed by atoms with van der Waals surface area (Å²) in [5.74, 6) is 3.65. The lowest BCUT2D eigenvalue weighted by atomic mass is 9.68. The van der Waals surface area contributed by atoms with Crippen LogP contribution < -0.4 is 0 Å². The molecule has 174 valence electrons. The number of alkyl halides is 1. The Morgan fingerprint density at radius 3 is 2.06 bits per heavy atom. The minimum atomic E-state index is -0.307. The van der Waals surface area contributed by atoms with Crippen LogP contribution in [0.2, 0.25) is 0 Å². The molecule has 0 spiro atoms. The van der Waals surface area contributed by atoms with Crippen LogP contribution in [-0.4, -0.2) is 6.67 Å².